The number of carbonyl (C=O) groups is 1. The van der Waals surface area contributed by atoms with E-state index in [1.807, 2.05) is 0 Å². The first-order chi connectivity index (χ1) is 19.0. The van der Waals surface area contributed by atoms with Crippen molar-refractivity contribution in [3.8, 4) is 11.1 Å². The van der Waals surface area contributed by atoms with Crippen molar-refractivity contribution in [2.75, 3.05) is 30.8 Å². The van der Waals surface area contributed by atoms with E-state index in [4.69, 9.17) is 5.73 Å². The van der Waals surface area contributed by atoms with Gasteiger partial charge in [-0.3, -0.25) is 9.59 Å². The van der Waals surface area contributed by atoms with Crippen LogP contribution in [0, 0.1) is 11.6 Å². The van der Waals surface area contributed by atoms with E-state index in [9.17, 15) is 22.4 Å². The average Bonchev–Trinajstić information content (AvgIpc) is 3.20. The number of halogens is 2. The van der Waals surface area contributed by atoms with Crippen molar-refractivity contribution in [2.45, 2.75) is 18.2 Å². The van der Waals surface area contributed by atoms with Crippen LogP contribution in [0.3, 0.4) is 0 Å². The molecule has 40 heavy (non-hydrogen) atoms. The molecule has 1 atom stereocenters. The number of aryl methyl sites for hydroxylation is 1. The number of fused-ring (bicyclic) bond motifs is 3. The van der Waals surface area contributed by atoms with Crippen molar-refractivity contribution < 1.29 is 22.0 Å². The van der Waals surface area contributed by atoms with Crippen LogP contribution in [0.4, 0.5) is 20.3 Å². The minimum absolute atomic E-state index is 0.0394. The third-order valence-electron chi connectivity index (χ3n) is 7.65. The molecule has 3 N–H and O–H groups in total. The third kappa shape index (κ3) is 3.99. The van der Waals surface area contributed by atoms with E-state index in [1.54, 1.807) is 31.6 Å². The molecule has 1 aromatic carbocycles. The third-order valence-corrected chi connectivity index (χ3v) is 9.17. The lowest BCUT2D eigenvalue weighted by atomic mass is 9.93. The molecular weight excluding hydrogens is 542 g/mol. The summed E-state index contributed by atoms with van der Waals surface area (Å²) in [6.45, 7) is 0.656. The molecule has 5 heterocycles. The highest BCUT2D eigenvalue weighted by molar-refractivity contribution is 7.90. The van der Waals surface area contributed by atoms with E-state index in [0.29, 0.717) is 38.8 Å². The Morgan fingerprint density at radius 1 is 1.15 bits per heavy atom. The predicted molar refractivity (Wildman–Crippen MR) is 146 cm³/mol. The Morgan fingerprint density at radius 2 is 1.93 bits per heavy atom. The van der Waals surface area contributed by atoms with Crippen molar-refractivity contribution in [1.29, 1.82) is 0 Å². The molecule has 0 radical (unpaired) electrons. The molecule has 10 nitrogen and oxygen atoms in total. The zero-order chi connectivity index (χ0) is 28.5. The number of nitrogens with zero attached hydrogens (tertiary/aromatic N) is 4. The zero-order valence-electron chi connectivity index (χ0n) is 21.7. The molecule has 1 unspecified atom stereocenters. The molecule has 3 aromatic heterocycles. The zero-order valence-corrected chi connectivity index (χ0v) is 22.6. The van der Waals surface area contributed by atoms with Crippen LogP contribution in [0.25, 0.3) is 22.0 Å². The van der Waals surface area contributed by atoms with Gasteiger partial charge in [-0.2, -0.15) is 0 Å². The number of hydrogen-bond acceptors (Lipinski definition) is 7. The first-order valence-electron chi connectivity index (χ1n) is 12.6. The summed E-state index contributed by atoms with van der Waals surface area (Å²) >= 11 is 0. The van der Waals surface area contributed by atoms with E-state index in [0.717, 1.165) is 18.5 Å². The van der Waals surface area contributed by atoms with Gasteiger partial charge in [-0.25, -0.2) is 22.2 Å². The van der Waals surface area contributed by atoms with Crippen molar-refractivity contribution in [2.24, 2.45) is 12.8 Å². The Bertz CT molecular complexity index is 1880. The molecule has 2 aliphatic rings. The van der Waals surface area contributed by atoms with Gasteiger partial charge in [0.15, 0.2) is 21.5 Å². The standard InChI is InChI=1S/C27H26F2N6O4S/c1-33-13-19-16-8-17-18(26(36)34(6-4-30)5-3-22(17)40(2,38)39)9-21(16)35(25-20(29)7-15(28)11-32-25)12-14-10-31-24(23(14)19)27(33)37/h7-11,13,22,31H,3-6,12,30H2,1-2H3. The van der Waals surface area contributed by atoms with E-state index in [-0.39, 0.29) is 49.5 Å². The summed E-state index contributed by atoms with van der Waals surface area (Å²) in [5, 5.41) is -0.388. The highest BCUT2D eigenvalue weighted by atomic mass is 32.2. The molecule has 4 aromatic rings. The second-order valence-electron chi connectivity index (χ2n) is 10.2. The minimum atomic E-state index is -3.65. The molecule has 0 fully saturated rings. The number of pyridine rings is 2. The van der Waals surface area contributed by atoms with Gasteiger partial charge in [0.1, 0.15) is 11.3 Å². The van der Waals surface area contributed by atoms with Crippen molar-refractivity contribution in [3.63, 3.8) is 0 Å². The number of rotatable bonds is 4. The van der Waals surface area contributed by atoms with Crippen molar-refractivity contribution in [3.05, 3.63) is 75.5 Å². The maximum Gasteiger partial charge on any atom is 0.274 e. The number of carbonyl (C=O) groups excluding carboxylic acids is 1. The van der Waals surface area contributed by atoms with E-state index in [1.165, 1.54) is 14.4 Å². The van der Waals surface area contributed by atoms with Crippen LogP contribution in [0.2, 0.25) is 0 Å². The fraction of sp³-hybridized carbons (Fsp3) is 0.296. The Morgan fingerprint density at radius 3 is 2.62 bits per heavy atom. The summed E-state index contributed by atoms with van der Waals surface area (Å²) < 4.78 is 56.5. The van der Waals surface area contributed by atoms with E-state index < -0.39 is 32.6 Å². The molecule has 6 rings (SSSR count). The molecule has 0 saturated heterocycles. The number of amides is 1. The summed E-state index contributed by atoms with van der Waals surface area (Å²) in [7, 11) is -2.06. The van der Waals surface area contributed by atoms with Gasteiger partial charge in [0, 0.05) is 73.5 Å². The van der Waals surface area contributed by atoms with Gasteiger partial charge in [-0.15, -0.1) is 0 Å². The van der Waals surface area contributed by atoms with Crippen LogP contribution in [-0.4, -0.2) is 59.6 Å². The highest BCUT2D eigenvalue weighted by Crippen LogP contribution is 2.47. The van der Waals surface area contributed by atoms with Crippen LogP contribution in [0.1, 0.15) is 33.2 Å². The number of benzene rings is 1. The number of aromatic nitrogens is 3. The quantitative estimate of drug-likeness (QED) is 0.387. The van der Waals surface area contributed by atoms with Crippen LogP contribution in [0.5, 0.6) is 0 Å². The monoisotopic (exact) mass is 568 g/mol. The Kier molecular flexibility index (Phi) is 6.04. The molecule has 13 heteroatoms. The summed E-state index contributed by atoms with van der Waals surface area (Å²) in [5.74, 6) is -2.34. The number of nitrogens with one attached hydrogen (secondary N) is 1. The number of hydrogen-bond donors (Lipinski definition) is 2. The summed E-state index contributed by atoms with van der Waals surface area (Å²) in [5.41, 5.74) is 8.36. The van der Waals surface area contributed by atoms with Gasteiger partial charge in [-0.1, -0.05) is 0 Å². The average molecular weight is 569 g/mol. The largest absolute Gasteiger partial charge is 0.356 e. The SMILES string of the molecule is Cn1cc2c3c(c[nH]c3c1=O)CN(c1ncc(F)cc1F)c1cc3c(cc1-2)C(S(C)(=O)=O)CCN(CCN)C3=O. The molecule has 0 saturated carbocycles. The van der Waals surface area contributed by atoms with Crippen LogP contribution >= 0.6 is 0 Å². The van der Waals surface area contributed by atoms with Gasteiger partial charge < -0.3 is 25.1 Å². The fourth-order valence-electron chi connectivity index (χ4n) is 5.82. The minimum Gasteiger partial charge on any atom is -0.356 e. The first-order valence-corrected chi connectivity index (χ1v) is 14.6. The van der Waals surface area contributed by atoms with Crippen LogP contribution in [0.15, 0.2) is 41.6 Å². The van der Waals surface area contributed by atoms with Crippen molar-refractivity contribution >= 4 is 38.2 Å². The Hall–Kier alpha value is -4.10. The van der Waals surface area contributed by atoms with Crippen LogP contribution in [-0.2, 0) is 23.4 Å². The maximum absolute atomic E-state index is 15.2. The van der Waals surface area contributed by atoms with E-state index in [2.05, 4.69) is 9.97 Å². The molecular formula is C27H26F2N6O4S. The smallest absolute Gasteiger partial charge is 0.274 e. The number of nitrogens with two attached hydrogens (primary N) is 1. The summed E-state index contributed by atoms with van der Waals surface area (Å²) in [6.07, 6.45) is 5.49. The van der Waals surface area contributed by atoms with Gasteiger partial charge in [0.05, 0.1) is 23.7 Å². The molecule has 2 aliphatic heterocycles. The highest BCUT2D eigenvalue weighted by Gasteiger charge is 2.37. The van der Waals surface area contributed by atoms with E-state index >= 15 is 4.39 Å². The van der Waals surface area contributed by atoms with Gasteiger partial charge in [0.2, 0.25) is 0 Å². The maximum atomic E-state index is 15.2. The lowest BCUT2D eigenvalue weighted by Crippen LogP contribution is -2.35. The Labute approximate surface area is 227 Å². The second kappa shape index (κ2) is 9.24. The number of aromatic amines is 1. The Balaban J connectivity index is 1.73. The first kappa shape index (κ1) is 26.1. The van der Waals surface area contributed by atoms with Gasteiger partial charge in [-0.05, 0) is 29.7 Å². The molecule has 0 aliphatic carbocycles. The number of H-pyrrole nitrogens is 1. The molecule has 0 spiro atoms. The predicted octanol–water partition coefficient (Wildman–Crippen LogP) is 2.75. The summed E-state index contributed by atoms with van der Waals surface area (Å²) in [4.78, 5) is 36.8. The molecule has 208 valence electrons. The molecule has 1 amide bonds. The fourth-order valence-corrected chi connectivity index (χ4v) is 7.01. The van der Waals surface area contributed by atoms with Gasteiger partial charge >= 0.3 is 0 Å². The normalized spacial score (nSPS) is 17.0. The second-order valence-corrected chi connectivity index (χ2v) is 12.4. The lowest BCUT2D eigenvalue weighted by Gasteiger charge is -2.27. The van der Waals surface area contributed by atoms with Crippen LogP contribution < -0.4 is 16.2 Å². The lowest BCUT2D eigenvalue weighted by molar-refractivity contribution is 0.0765. The number of sulfone groups is 1. The van der Waals surface area contributed by atoms with Gasteiger partial charge in [0.25, 0.3) is 11.5 Å². The number of anilines is 2. The van der Waals surface area contributed by atoms with Crippen molar-refractivity contribution in [1.82, 2.24) is 19.4 Å². The summed E-state index contributed by atoms with van der Waals surface area (Å²) in [6, 6.07) is 3.92. The topological polar surface area (TPSA) is 134 Å². The molecule has 0 bridgehead atoms.